The van der Waals surface area contributed by atoms with Crippen LogP contribution in [0.5, 0.6) is 11.5 Å². The summed E-state index contributed by atoms with van der Waals surface area (Å²) in [4.78, 5) is 12.6. The molecule has 0 atom stereocenters. The molecule has 0 aliphatic heterocycles. The summed E-state index contributed by atoms with van der Waals surface area (Å²) in [6.45, 7) is 3.15. The van der Waals surface area contributed by atoms with Crippen molar-refractivity contribution in [1.29, 1.82) is 0 Å². The van der Waals surface area contributed by atoms with Crippen LogP contribution in [-0.2, 0) is 4.79 Å². The predicted octanol–water partition coefficient (Wildman–Crippen LogP) is 2.00. The van der Waals surface area contributed by atoms with Crippen molar-refractivity contribution in [3.8, 4) is 11.5 Å². The first-order valence-corrected chi connectivity index (χ1v) is 5.81. The molecule has 1 aromatic rings. The Bertz CT molecular complexity index is 406. The molecule has 0 bridgehead atoms. The zero-order valence-electron chi connectivity index (χ0n) is 11.0. The highest BCUT2D eigenvalue weighted by Gasteiger charge is 2.12. The van der Waals surface area contributed by atoms with E-state index >= 15 is 0 Å². The minimum Gasteiger partial charge on any atom is -0.497 e. The van der Waals surface area contributed by atoms with Crippen LogP contribution in [0.2, 0.25) is 0 Å². The zero-order valence-corrected chi connectivity index (χ0v) is 11.0. The van der Waals surface area contributed by atoms with Gasteiger partial charge in [0.15, 0.2) is 0 Å². The molecule has 0 saturated carbocycles. The van der Waals surface area contributed by atoms with Gasteiger partial charge in [-0.05, 0) is 19.1 Å². The van der Waals surface area contributed by atoms with Gasteiger partial charge in [0.05, 0.1) is 26.3 Å². The molecule has 5 heteroatoms. The maximum absolute atomic E-state index is 10.6. The Morgan fingerprint density at radius 1 is 1.33 bits per heavy atom. The van der Waals surface area contributed by atoms with E-state index in [1.165, 1.54) is 0 Å². The molecule has 0 radical (unpaired) electrons. The summed E-state index contributed by atoms with van der Waals surface area (Å²) in [6, 6.07) is 5.50. The van der Waals surface area contributed by atoms with Crippen molar-refractivity contribution < 1.29 is 19.4 Å². The second-order valence-corrected chi connectivity index (χ2v) is 3.76. The lowest BCUT2D eigenvalue weighted by Gasteiger charge is -2.24. The molecule has 0 aliphatic rings. The van der Waals surface area contributed by atoms with Gasteiger partial charge in [-0.3, -0.25) is 4.79 Å². The molecule has 100 valence electrons. The van der Waals surface area contributed by atoms with Gasteiger partial charge in [0.25, 0.3) is 0 Å². The molecule has 1 rings (SSSR count). The number of rotatable bonds is 7. The molecule has 18 heavy (non-hydrogen) atoms. The molecular weight excluding hydrogens is 234 g/mol. The topological polar surface area (TPSA) is 59.0 Å². The third-order valence-electron chi connectivity index (χ3n) is 2.70. The number of hydrogen-bond acceptors (Lipinski definition) is 4. The third-order valence-corrected chi connectivity index (χ3v) is 2.70. The average molecular weight is 253 g/mol. The fraction of sp³-hybridized carbons (Fsp3) is 0.462. The number of anilines is 1. The Balaban J connectivity index is 2.93. The summed E-state index contributed by atoms with van der Waals surface area (Å²) in [6.07, 6.45) is 0.100. The number of hydrogen-bond donors (Lipinski definition) is 1. The molecule has 0 unspecified atom stereocenters. The largest absolute Gasteiger partial charge is 0.497 e. The SMILES string of the molecule is CCN(CCC(=O)O)c1ccc(OC)cc1OC. The van der Waals surface area contributed by atoms with Crippen LogP contribution in [0.15, 0.2) is 18.2 Å². The highest BCUT2D eigenvalue weighted by Crippen LogP contribution is 2.32. The molecule has 0 saturated heterocycles. The predicted molar refractivity (Wildman–Crippen MR) is 69.7 cm³/mol. The Morgan fingerprint density at radius 2 is 2.06 bits per heavy atom. The fourth-order valence-electron chi connectivity index (χ4n) is 1.73. The average Bonchev–Trinajstić information content (AvgIpc) is 2.39. The maximum atomic E-state index is 10.6. The number of methoxy groups -OCH3 is 2. The van der Waals surface area contributed by atoms with Gasteiger partial charge in [0, 0.05) is 19.2 Å². The zero-order chi connectivity index (χ0) is 13.5. The quantitative estimate of drug-likeness (QED) is 0.805. The lowest BCUT2D eigenvalue weighted by Crippen LogP contribution is -2.26. The first kappa shape index (κ1) is 14.2. The maximum Gasteiger partial charge on any atom is 0.305 e. The summed E-state index contributed by atoms with van der Waals surface area (Å²) in [5, 5.41) is 8.74. The van der Waals surface area contributed by atoms with E-state index in [1.54, 1.807) is 20.3 Å². The lowest BCUT2D eigenvalue weighted by atomic mass is 10.2. The second kappa shape index (κ2) is 6.74. The van der Waals surface area contributed by atoms with Gasteiger partial charge in [-0.25, -0.2) is 0 Å². The fourth-order valence-corrected chi connectivity index (χ4v) is 1.73. The van der Waals surface area contributed by atoms with Crippen LogP contribution in [0.1, 0.15) is 13.3 Å². The van der Waals surface area contributed by atoms with Gasteiger partial charge in [-0.1, -0.05) is 0 Å². The van der Waals surface area contributed by atoms with Crippen molar-refractivity contribution in [3.05, 3.63) is 18.2 Å². The highest BCUT2D eigenvalue weighted by atomic mass is 16.5. The third kappa shape index (κ3) is 3.55. The minimum absolute atomic E-state index is 0.100. The molecule has 5 nitrogen and oxygen atoms in total. The monoisotopic (exact) mass is 253 g/mol. The Kier molecular flexibility index (Phi) is 5.30. The summed E-state index contributed by atoms with van der Waals surface area (Å²) in [5.41, 5.74) is 0.877. The summed E-state index contributed by atoms with van der Waals surface area (Å²) >= 11 is 0. The number of carboxylic acid groups (broad SMARTS) is 1. The number of benzene rings is 1. The number of ether oxygens (including phenoxy) is 2. The van der Waals surface area contributed by atoms with E-state index in [0.717, 1.165) is 12.2 Å². The Morgan fingerprint density at radius 3 is 2.56 bits per heavy atom. The summed E-state index contributed by atoms with van der Waals surface area (Å²) in [5.74, 6) is 0.590. The van der Waals surface area contributed by atoms with Crippen LogP contribution < -0.4 is 14.4 Å². The van der Waals surface area contributed by atoms with Crippen LogP contribution >= 0.6 is 0 Å². The van der Waals surface area contributed by atoms with Crippen molar-refractivity contribution in [2.45, 2.75) is 13.3 Å². The van der Waals surface area contributed by atoms with Gasteiger partial charge in [-0.15, -0.1) is 0 Å². The summed E-state index contributed by atoms with van der Waals surface area (Å²) < 4.78 is 10.4. The van der Waals surface area contributed by atoms with Crippen LogP contribution in [0.3, 0.4) is 0 Å². The van der Waals surface area contributed by atoms with E-state index in [-0.39, 0.29) is 6.42 Å². The number of aliphatic carboxylic acids is 1. The van der Waals surface area contributed by atoms with E-state index in [1.807, 2.05) is 24.0 Å². The minimum atomic E-state index is -0.805. The molecule has 1 aromatic carbocycles. The van der Waals surface area contributed by atoms with E-state index in [0.29, 0.717) is 18.0 Å². The highest BCUT2D eigenvalue weighted by molar-refractivity contribution is 5.68. The summed E-state index contributed by atoms with van der Waals surface area (Å²) in [7, 11) is 3.18. The molecule has 1 N–H and O–H groups in total. The van der Waals surface area contributed by atoms with Gasteiger partial charge in [0.1, 0.15) is 11.5 Å². The molecule has 0 aromatic heterocycles. The lowest BCUT2D eigenvalue weighted by molar-refractivity contribution is -0.136. The van der Waals surface area contributed by atoms with Crippen molar-refractivity contribution in [2.24, 2.45) is 0 Å². The number of nitrogens with zero attached hydrogens (tertiary/aromatic N) is 1. The van der Waals surface area contributed by atoms with E-state index in [2.05, 4.69) is 0 Å². The van der Waals surface area contributed by atoms with Gasteiger partial charge in [-0.2, -0.15) is 0 Å². The molecule has 0 spiro atoms. The Hall–Kier alpha value is -1.91. The van der Waals surface area contributed by atoms with E-state index in [9.17, 15) is 4.79 Å². The second-order valence-electron chi connectivity index (χ2n) is 3.76. The molecule has 0 amide bonds. The normalized spacial score (nSPS) is 9.94. The van der Waals surface area contributed by atoms with Crippen molar-refractivity contribution in [3.63, 3.8) is 0 Å². The molecular formula is C13H19NO4. The van der Waals surface area contributed by atoms with E-state index < -0.39 is 5.97 Å². The van der Waals surface area contributed by atoms with Crippen molar-refractivity contribution in [2.75, 3.05) is 32.2 Å². The molecule has 0 fully saturated rings. The van der Waals surface area contributed by atoms with Gasteiger partial charge >= 0.3 is 5.97 Å². The van der Waals surface area contributed by atoms with Crippen molar-refractivity contribution in [1.82, 2.24) is 0 Å². The number of carbonyl (C=O) groups is 1. The van der Waals surface area contributed by atoms with Gasteiger partial charge < -0.3 is 19.5 Å². The van der Waals surface area contributed by atoms with Crippen LogP contribution in [0, 0.1) is 0 Å². The van der Waals surface area contributed by atoms with Crippen LogP contribution in [0.4, 0.5) is 5.69 Å². The first-order valence-electron chi connectivity index (χ1n) is 5.81. The van der Waals surface area contributed by atoms with Crippen LogP contribution in [-0.4, -0.2) is 38.4 Å². The van der Waals surface area contributed by atoms with Crippen molar-refractivity contribution >= 4 is 11.7 Å². The standard InChI is InChI=1S/C13H19NO4/c1-4-14(8-7-13(15)16)11-6-5-10(17-2)9-12(11)18-3/h5-6,9H,4,7-8H2,1-3H3,(H,15,16). The van der Waals surface area contributed by atoms with Gasteiger partial charge in [0.2, 0.25) is 0 Å². The molecule has 0 aliphatic carbocycles. The first-order chi connectivity index (χ1) is 8.62. The van der Waals surface area contributed by atoms with E-state index in [4.69, 9.17) is 14.6 Å². The Labute approximate surface area is 107 Å². The molecule has 0 heterocycles. The number of carboxylic acids is 1. The smallest absolute Gasteiger partial charge is 0.305 e. The van der Waals surface area contributed by atoms with Crippen LogP contribution in [0.25, 0.3) is 0 Å².